The van der Waals surface area contributed by atoms with E-state index in [-0.39, 0.29) is 11.9 Å². The minimum Gasteiger partial charge on any atom is -0.382 e. The number of nitrogens with zero attached hydrogens (tertiary/aromatic N) is 3. The number of benzene rings is 2. The first-order valence-corrected chi connectivity index (χ1v) is 12.0. The normalized spacial score (nSPS) is 15.2. The molecule has 0 radical (unpaired) electrons. The van der Waals surface area contributed by atoms with E-state index < -0.39 is 0 Å². The Bertz CT molecular complexity index is 1280. The fraction of sp³-hybridized carbons (Fsp3) is 0.333. The van der Waals surface area contributed by atoms with Crippen LogP contribution in [-0.2, 0) is 0 Å². The molecule has 0 spiro atoms. The second kappa shape index (κ2) is 9.35. The number of H-pyrrole nitrogens is 1. The van der Waals surface area contributed by atoms with Gasteiger partial charge in [-0.1, -0.05) is 18.2 Å². The van der Waals surface area contributed by atoms with Gasteiger partial charge in [0.1, 0.15) is 11.5 Å². The van der Waals surface area contributed by atoms with E-state index in [9.17, 15) is 4.79 Å². The van der Waals surface area contributed by atoms with E-state index in [1.54, 1.807) is 0 Å². The molecule has 176 valence electrons. The Morgan fingerprint density at radius 1 is 1.06 bits per heavy atom. The Morgan fingerprint density at radius 3 is 2.53 bits per heavy atom. The summed E-state index contributed by atoms with van der Waals surface area (Å²) in [5.74, 6) is 0.416. The fourth-order valence-corrected chi connectivity index (χ4v) is 4.75. The number of hydrogen-bond acceptors (Lipinski definition) is 4. The van der Waals surface area contributed by atoms with Gasteiger partial charge in [0.2, 0.25) is 0 Å². The number of likely N-dealkylation sites (tertiary alicyclic amines) is 1. The Balaban J connectivity index is 1.27. The number of aromatic amines is 1. The van der Waals surface area contributed by atoms with Crippen molar-refractivity contribution in [2.24, 2.45) is 0 Å². The zero-order valence-electron chi connectivity index (χ0n) is 20.0. The van der Waals surface area contributed by atoms with Crippen molar-refractivity contribution in [3.05, 3.63) is 66.2 Å². The van der Waals surface area contributed by atoms with E-state index in [1.807, 2.05) is 36.4 Å². The highest BCUT2D eigenvalue weighted by atomic mass is 16.1. The topological polar surface area (TPSA) is 78.0 Å². The van der Waals surface area contributed by atoms with Crippen molar-refractivity contribution in [3.8, 4) is 11.4 Å². The van der Waals surface area contributed by atoms with Gasteiger partial charge in [0.15, 0.2) is 0 Å². The van der Waals surface area contributed by atoms with Crippen LogP contribution in [-0.4, -0.2) is 51.8 Å². The molecule has 1 aliphatic rings. The van der Waals surface area contributed by atoms with E-state index >= 15 is 0 Å². The highest BCUT2D eigenvalue weighted by Crippen LogP contribution is 2.31. The number of aromatic nitrogens is 3. The summed E-state index contributed by atoms with van der Waals surface area (Å²) < 4.78 is 2.27. The Hall–Kier alpha value is -3.58. The van der Waals surface area contributed by atoms with Gasteiger partial charge in [0.25, 0.3) is 5.91 Å². The summed E-state index contributed by atoms with van der Waals surface area (Å²) in [6.45, 7) is 6.55. The number of carbonyl (C=O) groups is 1. The molecule has 1 fully saturated rings. The highest BCUT2D eigenvalue weighted by molar-refractivity contribution is 6.04. The first kappa shape index (κ1) is 22.2. The summed E-state index contributed by atoms with van der Waals surface area (Å²) in [4.78, 5) is 15.2. The Morgan fingerprint density at radius 2 is 1.79 bits per heavy atom. The van der Waals surface area contributed by atoms with Gasteiger partial charge in [0, 0.05) is 40.3 Å². The van der Waals surface area contributed by atoms with Crippen LogP contribution in [0, 0.1) is 0 Å². The predicted molar refractivity (Wildman–Crippen MR) is 138 cm³/mol. The molecule has 1 amide bonds. The molecule has 34 heavy (non-hydrogen) atoms. The summed E-state index contributed by atoms with van der Waals surface area (Å²) in [5, 5.41) is 15.2. The highest BCUT2D eigenvalue weighted by Gasteiger charge is 2.18. The molecule has 5 rings (SSSR count). The summed E-state index contributed by atoms with van der Waals surface area (Å²) in [6, 6.07) is 20.8. The van der Waals surface area contributed by atoms with Crippen LogP contribution in [0.5, 0.6) is 0 Å². The van der Waals surface area contributed by atoms with E-state index in [0.29, 0.717) is 17.4 Å². The third kappa shape index (κ3) is 4.56. The van der Waals surface area contributed by atoms with Crippen LogP contribution in [0.1, 0.15) is 43.1 Å². The molecule has 4 aromatic rings. The average molecular weight is 457 g/mol. The van der Waals surface area contributed by atoms with Crippen molar-refractivity contribution in [3.63, 3.8) is 0 Å². The van der Waals surface area contributed by atoms with E-state index in [0.717, 1.165) is 43.0 Å². The number of fused-ring (bicyclic) bond motifs is 1. The van der Waals surface area contributed by atoms with Gasteiger partial charge in [0.05, 0.1) is 5.69 Å². The molecule has 0 bridgehead atoms. The summed E-state index contributed by atoms with van der Waals surface area (Å²) in [5.41, 5.74) is 4.67. The average Bonchev–Trinajstić information content (AvgIpc) is 3.45. The molecule has 3 N–H and O–H groups in total. The molecule has 1 saturated heterocycles. The van der Waals surface area contributed by atoms with E-state index in [2.05, 4.69) is 75.5 Å². The van der Waals surface area contributed by atoms with Crippen LogP contribution in [0.3, 0.4) is 0 Å². The van der Waals surface area contributed by atoms with E-state index in [4.69, 9.17) is 0 Å². The smallest absolute Gasteiger partial charge is 0.256 e. The molecule has 0 unspecified atom stereocenters. The molecule has 0 aliphatic carbocycles. The van der Waals surface area contributed by atoms with Crippen molar-refractivity contribution in [1.82, 2.24) is 19.7 Å². The second-order valence-electron chi connectivity index (χ2n) is 9.47. The second-order valence-corrected chi connectivity index (χ2v) is 9.47. The van der Waals surface area contributed by atoms with Gasteiger partial charge >= 0.3 is 0 Å². The molecule has 2 aromatic carbocycles. The number of rotatable bonds is 6. The van der Waals surface area contributed by atoms with Crippen LogP contribution >= 0.6 is 0 Å². The number of hydrogen-bond donors (Lipinski definition) is 3. The van der Waals surface area contributed by atoms with Gasteiger partial charge in [-0.2, -0.15) is 5.10 Å². The molecule has 7 heteroatoms. The molecule has 2 aromatic heterocycles. The van der Waals surface area contributed by atoms with Gasteiger partial charge in [-0.3, -0.25) is 9.89 Å². The van der Waals surface area contributed by atoms with E-state index in [1.165, 1.54) is 10.9 Å². The van der Waals surface area contributed by atoms with Crippen LogP contribution in [0.2, 0.25) is 0 Å². The largest absolute Gasteiger partial charge is 0.382 e. The lowest BCUT2D eigenvalue weighted by molar-refractivity contribution is 0.102. The molecule has 0 atom stereocenters. The number of para-hydroxylation sites is 1. The number of anilines is 2. The quantitative estimate of drug-likeness (QED) is 0.364. The molecule has 7 nitrogen and oxygen atoms in total. The standard InChI is InChI=1S/C27H32N6O/c1-18(2)33-24-7-5-4-6-20(24)16-25(33)23-17-26(31-30-23)29-27(34)19-8-10-21(11-9-19)28-22-12-14-32(3)15-13-22/h4-11,16-18,22,28H,12-15H2,1-3H3,(H2,29,30,31,34). The third-order valence-electron chi connectivity index (χ3n) is 6.59. The minimum absolute atomic E-state index is 0.162. The summed E-state index contributed by atoms with van der Waals surface area (Å²) in [6.07, 6.45) is 2.27. The zero-order valence-corrected chi connectivity index (χ0v) is 20.0. The Labute approximate surface area is 200 Å². The lowest BCUT2D eigenvalue weighted by Gasteiger charge is -2.30. The van der Waals surface area contributed by atoms with Gasteiger partial charge in [-0.05, 0) is 83.2 Å². The SMILES string of the molecule is CC(C)n1c(-c2cc(NC(=O)c3ccc(NC4CCN(C)CC4)cc3)[nH]n2)cc2ccccc21. The molecule has 3 heterocycles. The Kier molecular flexibility index (Phi) is 6.11. The van der Waals surface area contributed by atoms with Crippen LogP contribution in [0.15, 0.2) is 60.7 Å². The lowest BCUT2D eigenvalue weighted by Crippen LogP contribution is -2.36. The fourth-order valence-electron chi connectivity index (χ4n) is 4.75. The maximum Gasteiger partial charge on any atom is 0.256 e. The number of nitrogens with one attached hydrogen (secondary N) is 3. The number of piperidine rings is 1. The summed E-state index contributed by atoms with van der Waals surface area (Å²) in [7, 11) is 2.16. The van der Waals surface area contributed by atoms with Crippen molar-refractivity contribution >= 4 is 28.3 Å². The van der Waals surface area contributed by atoms with Gasteiger partial charge < -0.3 is 20.1 Å². The van der Waals surface area contributed by atoms with Crippen molar-refractivity contribution < 1.29 is 4.79 Å². The van der Waals surface area contributed by atoms with Crippen molar-refractivity contribution in [2.75, 3.05) is 30.8 Å². The van der Waals surface area contributed by atoms with Crippen LogP contribution < -0.4 is 10.6 Å². The molecular formula is C27H32N6O. The molecular weight excluding hydrogens is 424 g/mol. The molecule has 1 aliphatic heterocycles. The minimum atomic E-state index is -0.162. The maximum atomic E-state index is 12.8. The number of carbonyl (C=O) groups excluding carboxylic acids is 1. The van der Waals surface area contributed by atoms with Crippen LogP contribution in [0.25, 0.3) is 22.3 Å². The first-order valence-electron chi connectivity index (χ1n) is 12.0. The van der Waals surface area contributed by atoms with Gasteiger partial charge in [-0.25, -0.2) is 0 Å². The maximum absolute atomic E-state index is 12.8. The number of amides is 1. The molecule has 0 saturated carbocycles. The lowest BCUT2D eigenvalue weighted by atomic mass is 10.0. The zero-order chi connectivity index (χ0) is 23.7. The predicted octanol–water partition coefficient (Wildman–Crippen LogP) is 5.37. The van der Waals surface area contributed by atoms with Crippen molar-refractivity contribution in [2.45, 2.75) is 38.8 Å². The van der Waals surface area contributed by atoms with Crippen LogP contribution in [0.4, 0.5) is 11.5 Å². The third-order valence-corrected chi connectivity index (χ3v) is 6.59. The monoisotopic (exact) mass is 456 g/mol. The van der Waals surface area contributed by atoms with Crippen molar-refractivity contribution in [1.29, 1.82) is 0 Å². The summed E-state index contributed by atoms with van der Waals surface area (Å²) >= 11 is 0. The van der Waals surface area contributed by atoms with Gasteiger partial charge in [-0.15, -0.1) is 0 Å². The first-order chi connectivity index (χ1) is 16.5.